The number of nitrogens with one attached hydrogen (secondary N) is 1. The molecule has 0 spiro atoms. The van der Waals surface area contributed by atoms with E-state index in [0.717, 1.165) is 22.3 Å². The minimum atomic E-state index is -0.931. The molecule has 2 amide bonds. The minimum Gasteiger partial charge on any atom is -0.480 e. The second-order valence-electron chi connectivity index (χ2n) is 7.67. The summed E-state index contributed by atoms with van der Waals surface area (Å²) in [6, 6.07) is 15.3. The number of hydrogen-bond acceptors (Lipinski definition) is 5. The van der Waals surface area contributed by atoms with Crippen LogP contribution in [0.4, 0.5) is 4.79 Å². The van der Waals surface area contributed by atoms with E-state index < -0.39 is 23.4 Å². The molecule has 0 saturated carbocycles. The zero-order chi connectivity index (χ0) is 22.0. The molecule has 2 aliphatic rings. The predicted molar refractivity (Wildman–Crippen MR) is 118 cm³/mol. The molecule has 2 aromatic rings. The molecule has 1 unspecified atom stereocenters. The highest BCUT2D eigenvalue weighted by Crippen LogP contribution is 2.44. The number of aliphatic carboxylic acids is 1. The van der Waals surface area contributed by atoms with Gasteiger partial charge in [0.05, 0.1) is 0 Å². The van der Waals surface area contributed by atoms with E-state index in [0.29, 0.717) is 12.3 Å². The molecule has 8 heteroatoms. The molecule has 1 aliphatic heterocycles. The van der Waals surface area contributed by atoms with Crippen molar-refractivity contribution in [1.29, 1.82) is 0 Å². The van der Waals surface area contributed by atoms with Crippen molar-refractivity contribution in [3.05, 3.63) is 59.7 Å². The minimum absolute atomic E-state index is 0.0559. The van der Waals surface area contributed by atoms with Crippen molar-refractivity contribution in [3.63, 3.8) is 0 Å². The summed E-state index contributed by atoms with van der Waals surface area (Å²) in [5, 5.41) is 11.1. The van der Waals surface area contributed by atoms with Crippen LogP contribution in [0.5, 0.6) is 0 Å². The number of benzene rings is 2. The molecule has 0 aromatic heterocycles. The summed E-state index contributed by atoms with van der Waals surface area (Å²) in [6.45, 7) is 2.35. The summed E-state index contributed by atoms with van der Waals surface area (Å²) in [5.74, 6) is -0.736. The fourth-order valence-electron chi connectivity index (χ4n) is 4.15. The van der Waals surface area contributed by atoms with Crippen molar-refractivity contribution in [3.8, 4) is 11.1 Å². The highest BCUT2D eigenvalue weighted by atomic mass is 32.2. The zero-order valence-electron chi connectivity index (χ0n) is 17.1. The number of carbonyl (C=O) groups excluding carboxylic acids is 2. The van der Waals surface area contributed by atoms with Crippen molar-refractivity contribution in [2.24, 2.45) is 0 Å². The highest BCUT2D eigenvalue weighted by Gasteiger charge is 2.32. The van der Waals surface area contributed by atoms with E-state index in [1.807, 2.05) is 36.4 Å². The van der Waals surface area contributed by atoms with Gasteiger partial charge in [-0.2, -0.15) is 0 Å². The van der Waals surface area contributed by atoms with Crippen molar-refractivity contribution in [1.82, 2.24) is 10.2 Å². The molecule has 1 fully saturated rings. The fraction of sp³-hybridized carbons (Fsp3) is 0.348. The van der Waals surface area contributed by atoms with E-state index in [4.69, 9.17) is 4.74 Å². The molecule has 4 rings (SSSR count). The number of alkyl carbamates (subject to hydrolysis) is 1. The van der Waals surface area contributed by atoms with E-state index >= 15 is 0 Å². The van der Waals surface area contributed by atoms with Gasteiger partial charge in [0.25, 0.3) is 0 Å². The average molecular weight is 441 g/mol. The molecule has 1 saturated heterocycles. The number of nitrogens with zero attached hydrogens (tertiary/aromatic N) is 1. The van der Waals surface area contributed by atoms with Crippen LogP contribution in [-0.4, -0.2) is 64.7 Å². The summed E-state index contributed by atoms with van der Waals surface area (Å²) in [4.78, 5) is 37.7. The SMILES string of the molecule is C[C@@H](NC(=O)OCC1c2ccccc2-c2ccccc21)C(=O)N1CCSC(C(=O)O)C1. The Labute approximate surface area is 184 Å². The first-order chi connectivity index (χ1) is 15.0. The Morgan fingerprint density at radius 2 is 1.74 bits per heavy atom. The number of carboxylic acids is 1. The number of carboxylic acid groups (broad SMARTS) is 1. The van der Waals surface area contributed by atoms with E-state index in [1.165, 1.54) is 16.7 Å². The van der Waals surface area contributed by atoms with Crippen molar-refractivity contribution >= 4 is 29.7 Å². The number of fused-ring (bicyclic) bond motifs is 3. The Morgan fingerprint density at radius 3 is 2.35 bits per heavy atom. The van der Waals surface area contributed by atoms with Crippen molar-refractivity contribution in [2.45, 2.75) is 24.1 Å². The molecule has 0 bridgehead atoms. The zero-order valence-corrected chi connectivity index (χ0v) is 17.9. The molecule has 1 aliphatic carbocycles. The summed E-state index contributed by atoms with van der Waals surface area (Å²) in [7, 11) is 0. The molecule has 2 aromatic carbocycles. The molecular formula is C23H24N2O5S. The average Bonchev–Trinajstić information content (AvgIpc) is 3.11. The number of rotatable bonds is 5. The van der Waals surface area contributed by atoms with Gasteiger partial charge in [0.2, 0.25) is 5.91 Å². The molecule has 1 heterocycles. The number of thioether (sulfide) groups is 1. The first-order valence-electron chi connectivity index (χ1n) is 10.2. The molecule has 162 valence electrons. The molecule has 31 heavy (non-hydrogen) atoms. The van der Waals surface area contributed by atoms with Gasteiger partial charge in [-0.15, -0.1) is 11.8 Å². The van der Waals surface area contributed by atoms with Gasteiger partial charge in [-0.25, -0.2) is 4.79 Å². The third-order valence-corrected chi connectivity index (χ3v) is 6.87. The Balaban J connectivity index is 1.35. The van der Waals surface area contributed by atoms with Gasteiger partial charge >= 0.3 is 12.1 Å². The summed E-state index contributed by atoms with van der Waals surface area (Å²) < 4.78 is 5.49. The fourth-order valence-corrected chi connectivity index (χ4v) is 5.19. The molecule has 0 radical (unpaired) electrons. The van der Waals surface area contributed by atoms with E-state index in [2.05, 4.69) is 17.4 Å². The maximum atomic E-state index is 12.6. The molecular weight excluding hydrogens is 416 g/mol. The van der Waals surface area contributed by atoms with Crippen molar-refractivity contribution in [2.75, 3.05) is 25.4 Å². The maximum Gasteiger partial charge on any atom is 0.407 e. The smallest absolute Gasteiger partial charge is 0.407 e. The number of amides is 2. The first-order valence-corrected chi connectivity index (χ1v) is 11.2. The van der Waals surface area contributed by atoms with E-state index in [9.17, 15) is 19.5 Å². The Bertz CT molecular complexity index is 965. The second kappa shape index (κ2) is 9.01. The van der Waals surface area contributed by atoms with Crippen LogP contribution in [0.3, 0.4) is 0 Å². The van der Waals surface area contributed by atoms with Gasteiger partial charge in [-0.3, -0.25) is 9.59 Å². The Morgan fingerprint density at radius 1 is 1.13 bits per heavy atom. The van der Waals surface area contributed by atoms with Crippen LogP contribution in [0, 0.1) is 0 Å². The van der Waals surface area contributed by atoms with Crippen LogP contribution in [0.2, 0.25) is 0 Å². The summed E-state index contributed by atoms with van der Waals surface area (Å²) >= 11 is 1.32. The van der Waals surface area contributed by atoms with Gasteiger partial charge in [0.15, 0.2) is 0 Å². The van der Waals surface area contributed by atoms with Crippen LogP contribution < -0.4 is 5.32 Å². The van der Waals surface area contributed by atoms with Crippen LogP contribution in [0.25, 0.3) is 11.1 Å². The van der Waals surface area contributed by atoms with E-state index in [-0.39, 0.29) is 25.0 Å². The lowest BCUT2D eigenvalue weighted by molar-refractivity contribution is -0.138. The largest absolute Gasteiger partial charge is 0.480 e. The third-order valence-electron chi connectivity index (χ3n) is 5.70. The molecule has 7 nitrogen and oxygen atoms in total. The number of carbonyl (C=O) groups is 3. The highest BCUT2D eigenvalue weighted by molar-refractivity contribution is 8.00. The van der Waals surface area contributed by atoms with Crippen LogP contribution in [-0.2, 0) is 14.3 Å². The lowest BCUT2D eigenvalue weighted by atomic mass is 9.98. The molecule has 2 N–H and O–H groups in total. The predicted octanol–water partition coefficient (Wildman–Crippen LogP) is 2.94. The maximum absolute atomic E-state index is 12.6. The normalized spacial score (nSPS) is 18.6. The van der Waals surface area contributed by atoms with Crippen LogP contribution >= 0.6 is 11.8 Å². The van der Waals surface area contributed by atoms with E-state index in [1.54, 1.807) is 6.92 Å². The Hall–Kier alpha value is -3.00. The standard InChI is InChI=1S/C23H24N2O5S/c1-14(21(26)25-10-11-31-20(12-25)22(27)28)24-23(29)30-13-19-17-8-4-2-6-15(17)16-7-3-5-9-18(16)19/h2-9,14,19-20H,10-13H2,1H3,(H,24,29)(H,27,28)/t14-,20?/m1/s1. The summed E-state index contributed by atoms with van der Waals surface area (Å²) in [5.41, 5.74) is 4.52. The number of ether oxygens (including phenoxy) is 1. The number of hydrogen-bond donors (Lipinski definition) is 2. The first kappa shape index (κ1) is 21.2. The monoisotopic (exact) mass is 440 g/mol. The van der Waals surface area contributed by atoms with Gasteiger partial charge in [0.1, 0.15) is 17.9 Å². The van der Waals surface area contributed by atoms with Gasteiger partial charge in [-0.1, -0.05) is 48.5 Å². The lowest BCUT2D eigenvalue weighted by Gasteiger charge is -2.32. The quantitative estimate of drug-likeness (QED) is 0.742. The van der Waals surface area contributed by atoms with Gasteiger partial charge in [-0.05, 0) is 29.2 Å². The van der Waals surface area contributed by atoms with Gasteiger partial charge in [0, 0.05) is 24.8 Å². The van der Waals surface area contributed by atoms with Crippen LogP contribution in [0.1, 0.15) is 24.0 Å². The second-order valence-corrected chi connectivity index (χ2v) is 8.98. The molecule has 2 atom stereocenters. The Kier molecular flexibility index (Phi) is 6.18. The van der Waals surface area contributed by atoms with Crippen molar-refractivity contribution < 1.29 is 24.2 Å². The topological polar surface area (TPSA) is 95.9 Å². The van der Waals surface area contributed by atoms with Gasteiger partial charge < -0.3 is 20.1 Å². The third kappa shape index (κ3) is 4.39. The lowest BCUT2D eigenvalue weighted by Crippen LogP contribution is -2.52. The summed E-state index contributed by atoms with van der Waals surface area (Å²) in [6.07, 6.45) is -0.663. The van der Waals surface area contributed by atoms with Crippen LogP contribution in [0.15, 0.2) is 48.5 Å².